The standard InChI is InChI=1S/C10H16O3/c1-10(2,3)9-7(11)5-6-8(12-4)13-9/h5-6,8-9H,1-4H3/t8-,9+/m1/s1. The molecule has 0 aromatic carbocycles. The first-order valence-electron chi connectivity index (χ1n) is 4.35. The summed E-state index contributed by atoms with van der Waals surface area (Å²) in [6, 6.07) is 0. The SMILES string of the molecule is CO[C@H]1C=CC(=O)[C@@H](C(C)(C)C)O1. The van der Waals surface area contributed by atoms with Crippen LogP contribution < -0.4 is 0 Å². The van der Waals surface area contributed by atoms with Crippen LogP contribution in [0.2, 0.25) is 0 Å². The molecule has 0 amide bonds. The molecule has 1 heterocycles. The van der Waals surface area contributed by atoms with Crippen LogP contribution in [0.5, 0.6) is 0 Å². The number of rotatable bonds is 1. The van der Waals surface area contributed by atoms with Gasteiger partial charge in [0.25, 0.3) is 0 Å². The minimum Gasteiger partial charge on any atom is -0.352 e. The van der Waals surface area contributed by atoms with E-state index in [2.05, 4.69) is 0 Å². The molecule has 13 heavy (non-hydrogen) atoms. The van der Waals surface area contributed by atoms with E-state index in [1.807, 2.05) is 20.8 Å². The summed E-state index contributed by atoms with van der Waals surface area (Å²) in [5.41, 5.74) is -0.182. The second-order valence-electron chi connectivity index (χ2n) is 4.25. The van der Waals surface area contributed by atoms with Crippen LogP contribution in [-0.2, 0) is 14.3 Å². The van der Waals surface area contributed by atoms with Crippen molar-refractivity contribution in [2.24, 2.45) is 5.41 Å². The summed E-state index contributed by atoms with van der Waals surface area (Å²) in [5.74, 6) is 0.0146. The van der Waals surface area contributed by atoms with Crippen molar-refractivity contribution in [2.45, 2.75) is 33.2 Å². The Balaban J connectivity index is 2.77. The Kier molecular flexibility index (Phi) is 2.88. The first kappa shape index (κ1) is 10.4. The maximum absolute atomic E-state index is 11.4. The molecule has 0 bridgehead atoms. The first-order valence-corrected chi connectivity index (χ1v) is 4.35. The van der Waals surface area contributed by atoms with Gasteiger partial charge in [0.1, 0.15) is 6.10 Å². The van der Waals surface area contributed by atoms with Crippen LogP contribution in [-0.4, -0.2) is 25.3 Å². The van der Waals surface area contributed by atoms with Gasteiger partial charge in [-0.3, -0.25) is 4.79 Å². The van der Waals surface area contributed by atoms with Gasteiger partial charge in [0, 0.05) is 7.11 Å². The van der Waals surface area contributed by atoms with Crippen LogP contribution in [0.3, 0.4) is 0 Å². The normalized spacial score (nSPS) is 29.4. The number of hydrogen-bond acceptors (Lipinski definition) is 3. The highest BCUT2D eigenvalue weighted by atomic mass is 16.7. The molecule has 2 atom stereocenters. The minimum atomic E-state index is -0.401. The Morgan fingerprint density at radius 3 is 2.54 bits per heavy atom. The maximum atomic E-state index is 11.4. The number of hydrogen-bond donors (Lipinski definition) is 0. The lowest BCUT2D eigenvalue weighted by Crippen LogP contribution is -2.41. The Bertz CT molecular complexity index is 225. The largest absolute Gasteiger partial charge is 0.352 e. The van der Waals surface area contributed by atoms with E-state index in [1.165, 1.54) is 6.08 Å². The van der Waals surface area contributed by atoms with Crippen LogP contribution in [0.15, 0.2) is 12.2 Å². The number of methoxy groups -OCH3 is 1. The average molecular weight is 184 g/mol. The number of carbonyl (C=O) groups is 1. The molecule has 1 aliphatic rings. The number of ether oxygens (including phenoxy) is 2. The van der Waals surface area contributed by atoms with Crippen LogP contribution in [0, 0.1) is 5.41 Å². The van der Waals surface area contributed by atoms with E-state index < -0.39 is 6.10 Å². The van der Waals surface area contributed by atoms with Crippen LogP contribution in [0.25, 0.3) is 0 Å². The highest BCUT2D eigenvalue weighted by Gasteiger charge is 2.35. The third kappa shape index (κ3) is 2.39. The Morgan fingerprint density at radius 2 is 2.08 bits per heavy atom. The van der Waals surface area contributed by atoms with Gasteiger partial charge in [0.15, 0.2) is 12.1 Å². The molecule has 0 spiro atoms. The molecule has 0 saturated heterocycles. The van der Waals surface area contributed by atoms with Gasteiger partial charge in [0.2, 0.25) is 0 Å². The maximum Gasteiger partial charge on any atom is 0.184 e. The quantitative estimate of drug-likeness (QED) is 0.620. The molecule has 0 fully saturated rings. The summed E-state index contributed by atoms with van der Waals surface area (Å²) in [7, 11) is 1.56. The Morgan fingerprint density at radius 1 is 1.46 bits per heavy atom. The van der Waals surface area contributed by atoms with Crippen molar-refractivity contribution in [3.05, 3.63) is 12.2 Å². The summed E-state index contributed by atoms with van der Waals surface area (Å²) in [5, 5.41) is 0. The molecule has 1 rings (SSSR count). The lowest BCUT2D eigenvalue weighted by Gasteiger charge is -2.33. The van der Waals surface area contributed by atoms with E-state index in [4.69, 9.17) is 9.47 Å². The summed E-state index contributed by atoms with van der Waals surface area (Å²) < 4.78 is 10.5. The van der Waals surface area contributed by atoms with Crippen molar-refractivity contribution in [3.63, 3.8) is 0 Å². The van der Waals surface area contributed by atoms with Crippen LogP contribution in [0.4, 0.5) is 0 Å². The van der Waals surface area contributed by atoms with E-state index >= 15 is 0 Å². The van der Waals surface area contributed by atoms with E-state index in [0.717, 1.165) is 0 Å². The fraction of sp³-hybridized carbons (Fsp3) is 0.700. The predicted octanol–water partition coefficient (Wildman–Crippen LogP) is 1.53. The zero-order chi connectivity index (χ0) is 10.1. The topological polar surface area (TPSA) is 35.5 Å². The van der Waals surface area contributed by atoms with Gasteiger partial charge in [0.05, 0.1) is 0 Å². The molecule has 3 nitrogen and oxygen atoms in total. The molecule has 74 valence electrons. The van der Waals surface area contributed by atoms with Crippen molar-refractivity contribution < 1.29 is 14.3 Å². The van der Waals surface area contributed by atoms with E-state index in [9.17, 15) is 4.79 Å². The smallest absolute Gasteiger partial charge is 0.184 e. The lowest BCUT2D eigenvalue weighted by molar-refractivity contribution is -0.171. The second kappa shape index (κ2) is 3.60. The average Bonchev–Trinajstić information content (AvgIpc) is 2.03. The van der Waals surface area contributed by atoms with Crippen LogP contribution in [0.1, 0.15) is 20.8 Å². The van der Waals surface area contributed by atoms with Gasteiger partial charge in [-0.1, -0.05) is 20.8 Å². The van der Waals surface area contributed by atoms with Crippen molar-refractivity contribution >= 4 is 5.78 Å². The lowest BCUT2D eigenvalue weighted by atomic mass is 9.85. The third-order valence-corrected chi connectivity index (χ3v) is 1.97. The summed E-state index contributed by atoms with van der Waals surface area (Å²) in [6.07, 6.45) is 2.38. The Labute approximate surface area is 78.7 Å². The monoisotopic (exact) mass is 184 g/mol. The van der Waals surface area contributed by atoms with Gasteiger partial charge in [-0.25, -0.2) is 0 Å². The van der Waals surface area contributed by atoms with E-state index in [-0.39, 0.29) is 17.5 Å². The van der Waals surface area contributed by atoms with E-state index in [1.54, 1.807) is 13.2 Å². The summed E-state index contributed by atoms with van der Waals surface area (Å²) in [6.45, 7) is 5.92. The number of carbonyl (C=O) groups excluding carboxylic acids is 1. The fourth-order valence-corrected chi connectivity index (χ4v) is 1.27. The van der Waals surface area contributed by atoms with Crippen molar-refractivity contribution in [1.82, 2.24) is 0 Å². The molecule has 0 saturated carbocycles. The zero-order valence-corrected chi connectivity index (χ0v) is 8.53. The molecule has 0 aromatic heterocycles. The number of ketones is 1. The zero-order valence-electron chi connectivity index (χ0n) is 8.53. The highest BCUT2D eigenvalue weighted by Crippen LogP contribution is 2.27. The van der Waals surface area contributed by atoms with Crippen molar-refractivity contribution in [1.29, 1.82) is 0 Å². The second-order valence-corrected chi connectivity index (χ2v) is 4.25. The molecule has 0 aromatic rings. The van der Waals surface area contributed by atoms with Gasteiger partial charge in [-0.05, 0) is 17.6 Å². The summed E-state index contributed by atoms with van der Waals surface area (Å²) in [4.78, 5) is 11.4. The molecule has 0 unspecified atom stereocenters. The molecular weight excluding hydrogens is 168 g/mol. The predicted molar refractivity (Wildman–Crippen MR) is 49.3 cm³/mol. The molecule has 1 aliphatic heterocycles. The van der Waals surface area contributed by atoms with Crippen molar-refractivity contribution in [3.8, 4) is 0 Å². The van der Waals surface area contributed by atoms with Crippen LogP contribution >= 0.6 is 0 Å². The van der Waals surface area contributed by atoms with Gasteiger partial charge in [-0.2, -0.15) is 0 Å². The molecule has 0 radical (unpaired) electrons. The van der Waals surface area contributed by atoms with Crippen molar-refractivity contribution in [2.75, 3.05) is 7.11 Å². The van der Waals surface area contributed by atoms with E-state index in [0.29, 0.717) is 0 Å². The molecule has 0 aliphatic carbocycles. The fourth-order valence-electron chi connectivity index (χ4n) is 1.27. The van der Waals surface area contributed by atoms with Gasteiger partial charge in [-0.15, -0.1) is 0 Å². The molecule has 0 N–H and O–H groups in total. The molecular formula is C10H16O3. The minimum absolute atomic E-state index is 0.0146. The molecule has 3 heteroatoms. The van der Waals surface area contributed by atoms with Gasteiger partial charge >= 0.3 is 0 Å². The first-order chi connectivity index (χ1) is 5.95. The highest BCUT2D eigenvalue weighted by molar-refractivity contribution is 5.94. The van der Waals surface area contributed by atoms with Gasteiger partial charge < -0.3 is 9.47 Å². The Hall–Kier alpha value is -0.670. The summed E-state index contributed by atoms with van der Waals surface area (Å²) >= 11 is 0. The third-order valence-electron chi connectivity index (χ3n) is 1.97.